The first-order valence-electron chi connectivity index (χ1n) is 7.06. The van der Waals surface area contributed by atoms with Gasteiger partial charge in [-0.05, 0) is 40.1 Å². The lowest BCUT2D eigenvalue weighted by atomic mass is 9.99. The van der Waals surface area contributed by atoms with E-state index in [0.29, 0.717) is 6.42 Å². The minimum atomic E-state index is -0.497. The SMILES string of the molecule is COc1ccc(CC(O)c2ccc3ccccc3c2)cc1. The van der Waals surface area contributed by atoms with Crippen molar-refractivity contribution >= 4 is 10.8 Å². The molecule has 1 N–H and O–H groups in total. The molecule has 0 radical (unpaired) electrons. The van der Waals surface area contributed by atoms with Crippen molar-refractivity contribution in [2.24, 2.45) is 0 Å². The molecule has 0 saturated carbocycles. The Kier molecular flexibility index (Phi) is 3.89. The van der Waals surface area contributed by atoms with Crippen LogP contribution in [0.4, 0.5) is 0 Å². The molecule has 0 aliphatic heterocycles. The molecule has 2 heteroatoms. The number of hydrogen-bond acceptors (Lipinski definition) is 2. The predicted octanol–water partition coefficient (Wildman–Crippen LogP) is 4.12. The summed E-state index contributed by atoms with van der Waals surface area (Å²) in [5.74, 6) is 0.832. The van der Waals surface area contributed by atoms with Gasteiger partial charge < -0.3 is 9.84 Å². The summed E-state index contributed by atoms with van der Waals surface area (Å²) in [5.41, 5.74) is 2.04. The van der Waals surface area contributed by atoms with Gasteiger partial charge in [0.25, 0.3) is 0 Å². The van der Waals surface area contributed by atoms with E-state index in [1.54, 1.807) is 7.11 Å². The number of aliphatic hydroxyl groups is 1. The van der Waals surface area contributed by atoms with E-state index in [1.165, 1.54) is 5.39 Å². The van der Waals surface area contributed by atoms with Gasteiger partial charge in [-0.3, -0.25) is 0 Å². The van der Waals surface area contributed by atoms with Gasteiger partial charge in [0, 0.05) is 6.42 Å². The van der Waals surface area contributed by atoms with Crippen molar-refractivity contribution in [3.05, 3.63) is 77.9 Å². The summed E-state index contributed by atoms with van der Waals surface area (Å²) < 4.78 is 5.14. The highest BCUT2D eigenvalue weighted by atomic mass is 16.5. The van der Waals surface area contributed by atoms with Crippen LogP contribution in [-0.2, 0) is 6.42 Å². The molecule has 0 aromatic heterocycles. The van der Waals surface area contributed by atoms with Gasteiger partial charge in [0.15, 0.2) is 0 Å². The van der Waals surface area contributed by atoms with Crippen molar-refractivity contribution in [1.82, 2.24) is 0 Å². The molecule has 106 valence electrons. The fraction of sp³-hybridized carbons (Fsp3) is 0.158. The molecule has 0 amide bonds. The lowest BCUT2D eigenvalue weighted by Gasteiger charge is -2.12. The van der Waals surface area contributed by atoms with E-state index >= 15 is 0 Å². The van der Waals surface area contributed by atoms with Crippen molar-refractivity contribution in [2.45, 2.75) is 12.5 Å². The van der Waals surface area contributed by atoms with Crippen LogP contribution in [0.1, 0.15) is 17.2 Å². The van der Waals surface area contributed by atoms with Crippen LogP contribution in [0.25, 0.3) is 10.8 Å². The van der Waals surface area contributed by atoms with E-state index in [0.717, 1.165) is 22.3 Å². The van der Waals surface area contributed by atoms with Crippen LogP contribution in [0, 0.1) is 0 Å². The first-order valence-corrected chi connectivity index (χ1v) is 7.06. The summed E-state index contributed by atoms with van der Waals surface area (Å²) in [6, 6.07) is 22.1. The monoisotopic (exact) mass is 278 g/mol. The Morgan fingerprint density at radius 2 is 1.62 bits per heavy atom. The molecular weight excluding hydrogens is 260 g/mol. The molecular formula is C19H18O2. The van der Waals surface area contributed by atoms with Crippen molar-refractivity contribution in [3.63, 3.8) is 0 Å². The Balaban J connectivity index is 1.80. The number of fused-ring (bicyclic) bond motifs is 1. The largest absolute Gasteiger partial charge is 0.497 e. The van der Waals surface area contributed by atoms with E-state index < -0.39 is 6.10 Å². The van der Waals surface area contributed by atoms with Crippen LogP contribution in [0.5, 0.6) is 5.75 Å². The zero-order chi connectivity index (χ0) is 14.7. The molecule has 0 bridgehead atoms. The summed E-state index contributed by atoms with van der Waals surface area (Å²) in [7, 11) is 1.65. The quantitative estimate of drug-likeness (QED) is 0.777. The second-order valence-corrected chi connectivity index (χ2v) is 5.17. The third-order valence-corrected chi connectivity index (χ3v) is 3.75. The van der Waals surface area contributed by atoms with Gasteiger partial charge in [0.05, 0.1) is 13.2 Å². The van der Waals surface area contributed by atoms with Gasteiger partial charge in [-0.2, -0.15) is 0 Å². The lowest BCUT2D eigenvalue weighted by molar-refractivity contribution is 0.178. The highest BCUT2D eigenvalue weighted by Crippen LogP contribution is 2.23. The van der Waals surface area contributed by atoms with Crippen LogP contribution in [0.15, 0.2) is 66.7 Å². The Labute approximate surface area is 124 Å². The van der Waals surface area contributed by atoms with Crippen LogP contribution >= 0.6 is 0 Å². The van der Waals surface area contributed by atoms with E-state index in [9.17, 15) is 5.11 Å². The average Bonchev–Trinajstić information content (AvgIpc) is 2.55. The highest BCUT2D eigenvalue weighted by Gasteiger charge is 2.09. The molecule has 1 unspecified atom stereocenters. The minimum Gasteiger partial charge on any atom is -0.497 e. The minimum absolute atomic E-state index is 0.497. The van der Waals surface area contributed by atoms with Gasteiger partial charge in [-0.25, -0.2) is 0 Å². The number of ether oxygens (including phenoxy) is 1. The molecule has 0 fully saturated rings. The van der Waals surface area contributed by atoms with Crippen LogP contribution < -0.4 is 4.74 Å². The third kappa shape index (κ3) is 3.06. The third-order valence-electron chi connectivity index (χ3n) is 3.75. The smallest absolute Gasteiger partial charge is 0.118 e. The standard InChI is InChI=1S/C19H18O2/c1-21-18-10-6-14(7-11-18)12-19(20)17-9-8-15-4-2-3-5-16(15)13-17/h2-11,13,19-20H,12H2,1H3. The maximum Gasteiger partial charge on any atom is 0.118 e. The molecule has 0 aliphatic rings. The van der Waals surface area contributed by atoms with Gasteiger partial charge in [0.2, 0.25) is 0 Å². The maximum absolute atomic E-state index is 10.4. The molecule has 1 atom stereocenters. The van der Waals surface area contributed by atoms with E-state index in [2.05, 4.69) is 24.3 Å². The molecule has 2 nitrogen and oxygen atoms in total. The average molecular weight is 278 g/mol. The maximum atomic E-state index is 10.4. The van der Waals surface area contributed by atoms with Crippen molar-refractivity contribution < 1.29 is 9.84 Å². The van der Waals surface area contributed by atoms with E-state index in [4.69, 9.17) is 4.74 Å². The molecule has 21 heavy (non-hydrogen) atoms. The van der Waals surface area contributed by atoms with Crippen LogP contribution in [0.2, 0.25) is 0 Å². The second-order valence-electron chi connectivity index (χ2n) is 5.17. The zero-order valence-electron chi connectivity index (χ0n) is 12.0. The first-order chi connectivity index (χ1) is 10.3. The Bertz CT molecular complexity index is 732. The summed E-state index contributed by atoms with van der Waals surface area (Å²) in [6.45, 7) is 0. The number of aliphatic hydroxyl groups excluding tert-OH is 1. The van der Waals surface area contributed by atoms with Gasteiger partial charge in [-0.1, -0.05) is 48.5 Å². The fourth-order valence-electron chi connectivity index (χ4n) is 2.52. The Morgan fingerprint density at radius 3 is 2.33 bits per heavy atom. The Hall–Kier alpha value is -2.32. The van der Waals surface area contributed by atoms with Crippen molar-refractivity contribution in [3.8, 4) is 5.75 Å². The summed E-state index contributed by atoms with van der Waals surface area (Å²) >= 11 is 0. The molecule has 0 saturated heterocycles. The van der Waals surface area contributed by atoms with Crippen molar-refractivity contribution in [2.75, 3.05) is 7.11 Å². The Morgan fingerprint density at radius 1 is 0.905 bits per heavy atom. The van der Waals surface area contributed by atoms with Gasteiger partial charge >= 0.3 is 0 Å². The topological polar surface area (TPSA) is 29.5 Å². The van der Waals surface area contributed by atoms with E-state index in [-0.39, 0.29) is 0 Å². The summed E-state index contributed by atoms with van der Waals surface area (Å²) in [4.78, 5) is 0. The number of methoxy groups -OCH3 is 1. The summed E-state index contributed by atoms with van der Waals surface area (Å²) in [5, 5.41) is 12.8. The molecule has 0 aliphatic carbocycles. The van der Waals surface area contributed by atoms with Gasteiger partial charge in [0.1, 0.15) is 5.75 Å². The van der Waals surface area contributed by atoms with Gasteiger partial charge in [-0.15, -0.1) is 0 Å². The van der Waals surface area contributed by atoms with Crippen LogP contribution in [0.3, 0.4) is 0 Å². The molecule has 3 rings (SSSR count). The number of benzene rings is 3. The number of rotatable bonds is 4. The first kappa shape index (κ1) is 13.7. The highest BCUT2D eigenvalue weighted by molar-refractivity contribution is 5.83. The summed E-state index contributed by atoms with van der Waals surface area (Å²) in [6.07, 6.45) is 0.102. The van der Waals surface area contributed by atoms with E-state index in [1.807, 2.05) is 42.5 Å². The van der Waals surface area contributed by atoms with Crippen LogP contribution in [-0.4, -0.2) is 12.2 Å². The molecule has 3 aromatic carbocycles. The second kappa shape index (κ2) is 5.98. The fourth-order valence-corrected chi connectivity index (χ4v) is 2.52. The van der Waals surface area contributed by atoms with Crippen molar-refractivity contribution in [1.29, 1.82) is 0 Å². The molecule has 0 heterocycles. The number of hydrogen-bond donors (Lipinski definition) is 1. The normalized spacial score (nSPS) is 12.3. The molecule has 3 aromatic rings. The molecule has 0 spiro atoms. The predicted molar refractivity (Wildman–Crippen MR) is 85.6 cm³/mol. The zero-order valence-corrected chi connectivity index (χ0v) is 12.0. The lowest BCUT2D eigenvalue weighted by Crippen LogP contribution is -2.01.